The lowest BCUT2D eigenvalue weighted by molar-refractivity contribution is 0.0827. The van der Waals surface area contributed by atoms with Crippen LogP contribution in [0, 0.1) is 0 Å². The van der Waals surface area contributed by atoms with Gasteiger partial charge in [-0.3, -0.25) is 4.79 Å². The number of carbonyl (C=O) groups is 1. The summed E-state index contributed by atoms with van der Waals surface area (Å²) in [4.78, 5) is 18.0. The van der Waals surface area contributed by atoms with Gasteiger partial charge < -0.3 is 9.64 Å². The molecule has 1 aliphatic rings. The molecule has 0 N–H and O–H groups in total. The van der Waals surface area contributed by atoms with Gasteiger partial charge in [0.15, 0.2) is 0 Å². The Balaban J connectivity index is 1.68. The van der Waals surface area contributed by atoms with Gasteiger partial charge in [0.05, 0.1) is 0 Å². The van der Waals surface area contributed by atoms with Gasteiger partial charge in [-0.1, -0.05) is 37.3 Å². The summed E-state index contributed by atoms with van der Waals surface area (Å²) in [6.07, 6.45) is 1.75. The number of aromatic nitrogens is 1. The second-order valence-corrected chi connectivity index (χ2v) is 6.75. The van der Waals surface area contributed by atoms with Gasteiger partial charge >= 0.3 is 0 Å². The van der Waals surface area contributed by atoms with Crippen LogP contribution in [0.25, 0.3) is 11.1 Å². The average Bonchev–Trinajstić information content (AvgIpc) is 2.67. The quantitative estimate of drug-likeness (QED) is 0.676. The van der Waals surface area contributed by atoms with Gasteiger partial charge in [-0.05, 0) is 35.4 Å². The fourth-order valence-electron chi connectivity index (χ4n) is 3.31. The monoisotopic (exact) mass is 344 g/mol. The van der Waals surface area contributed by atoms with Crippen LogP contribution in [0.15, 0.2) is 60.8 Å². The number of rotatable bonds is 2. The SMILES string of the molecule is CC1c2ccc(-c3ccc(C(=O)N(C)C)cc3)cc2Oc2ncccc21. The average molecular weight is 344 g/mol. The summed E-state index contributed by atoms with van der Waals surface area (Å²) in [6, 6.07) is 17.9. The van der Waals surface area contributed by atoms with E-state index in [2.05, 4.69) is 30.1 Å². The minimum absolute atomic E-state index is 0.00169. The van der Waals surface area contributed by atoms with Crippen LogP contribution in [-0.2, 0) is 0 Å². The predicted molar refractivity (Wildman–Crippen MR) is 102 cm³/mol. The topological polar surface area (TPSA) is 42.4 Å². The van der Waals surface area contributed by atoms with E-state index in [1.165, 1.54) is 0 Å². The van der Waals surface area contributed by atoms with E-state index < -0.39 is 0 Å². The van der Waals surface area contributed by atoms with Crippen molar-refractivity contribution in [2.24, 2.45) is 0 Å². The largest absolute Gasteiger partial charge is 0.438 e. The molecule has 2 aromatic carbocycles. The Morgan fingerprint density at radius 2 is 1.73 bits per heavy atom. The van der Waals surface area contributed by atoms with Gasteiger partial charge in [0.25, 0.3) is 5.91 Å². The van der Waals surface area contributed by atoms with Gasteiger partial charge in [-0.25, -0.2) is 4.98 Å². The minimum atomic E-state index is 0.00169. The Hall–Kier alpha value is -3.14. The lowest BCUT2D eigenvalue weighted by atomic mass is 9.89. The van der Waals surface area contributed by atoms with Crippen LogP contribution in [0.3, 0.4) is 0 Å². The normalized spacial score (nSPS) is 14.8. The molecule has 1 aliphatic heterocycles. The Kier molecular flexibility index (Phi) is 3.96. The molecule has 1 amide bonds. The third-order valence-electron chi connectivity index (χ3n) is 4.83. The third-order valence-corrected chi connectivity index (χ3v) is 4.83. The summed E-state index contributed by atoms with van der Waals surface area (Å²) in [5.74, 6) is 1.77. The van der Waals surface area contributed by atoms with E-state index in [0.717, 1.165) is 28.0 Å². The summed E-state index contributed by atoms with van der Waals surface area (Å²) < 4.78 is 6.03. The Bertz CT molecular complexity index is 978. The molecule has 0 radical (unpaired) electrons. The lowest BCUT2D eigenvalue weighted by Gasteiger charge is -2.25. The first-order valence-electron chi connectivity index (χ1n) is 8.63. The fraction of sp³-hybridized carbons (Fsp3) is 0.182. The van der Waals surface area contributed by atoms with Crippen molar-refractivity contribution in [3.8, 4) is 22.8 Å². The minimum Gasteiger partial charge on any atom is -0.438 e. The second kappa shape index (κ2) is 6.30. The highest BCUT2D eigenvalue weighted by molar-refractivity contribution is 5.94. The standard InChI is InChI=1S/C22H20N2O2/c1-14-18-11-10-17(13-20(18)26-21-19(14)5-4-12-23-21)15-6-8-16(9-7-15)22(25)24(2)3/h4-14H,1-3H3. The molecule has 2 heterocycles. The van der Waals surface area contributed by atoms with Crippen LogP contribution in [0.5, 0.6) is 11.6 Å². The third kappa shape index (κ3) is 2.73. The maximum atomic E-state index is 12.0. The molecular formula is C22H20N2O2. The molecule has 130 valence electrons. The number of nitrogens with zero attached hydrogens (tertiary/aromatic N) is 2. The van der Waals surface area contributed by atoms with E-state index >= 15 is 0 Å². The van der Waals surface area contributed by atoms with Gasteiger partial charge in [0.2, 0.25) is 5.88 Å². The summed E-state index contributed by atoms with van der Waals surface area (Å²) >= 11 is 0. The van der Waals surface area contributed by atoms with Crippen molar-refractivity contribution in [3.63, 3.8) is 0 Å². The lowest BCUT2D eigenvalue weighted by Crippen LogP contribution is -2.21. The van der Waals surface area contributed by atoms with Crippen LogP contribution in [0.1, 0.15) is 34.3 Å². The van der Waals surface area contributed by atoms with Gasteiger partial charge in [0.1, 0.15) is 5.75 Å². The van der Waals surface area contributed by atoms with E-state index in [0.29, 0.717) is 11.4 Å². The molecule has 0 bridgehead atoms. The molecule has 0 spiro atoms. The highest BCUT2D eigenvalue weighted by Crippen LogP contribution is 2.44. The number of fused-ring (bicyclic) bond motifs is 2. The van der Waals surface area contributed by atoms with Crippen LogP contribution < -0.4 is 4.74 Å². The maximum Gasteiger partial charge on any atom is 0.253 e. The van der Waals surface area contributed by atoms with Crippen LogP contribution in [0.4, 0.5) is 0 Å². The second-order valence-electron chi connectivity index (χ2n) is 6.75. The Morgan fingerprint density at radius 3 is 2.46 bits per heavy atom. The molecule has 4 rings (SSSR count). The van der Waals surface area contributed by atoms with Crippen LogP contribution in [-0.4, -0.2) is 29.9 Å². The van der Waals surface area contributed by atoms with Crippen LogP contribution in [0.2, 0.25) is 0 Å². The summed E-state index contributed by atoms with van der Waals surface area (Å²) in [5, 5.41) is 0. The van der Waals surface area contributed by atoms with Crippen molar-refractivity contribution < 1.29 is 9.53 Å². The molecule has 26 heavy (non-hydrogen) atoms. The molecule has 4 heteroatoms. The van der Waals surface area contributed by atoms with E-state index in [9.17, 15) is 4.79 Å². The predicted octanol–water partition coefficient (Wildman–Crippen LogP) is 4.71. The molecular weight excluding hydrogens is 324 g/mol. The molecule has 0 fully saturated rings. The molecule has 1 atom stereocenters. The molecule has 0 saturated carbocycles. The van der Waals surface area contributed by atoms with Crippen molar-refractivity contribution in [1.29, 1.82) is 0 Å². The van der Waals surface area contributed by atoms with Gasteiger partial charge in [0, 0.05) is 42.9 Å². The van der Waals surface area contributed by atoms with Gasteiger partial charge in [-0.2, -0.15) is 0 Å². The molecule has 4 nitrogen and oxygen atoms in total. The maximum absolute atomic E-state index is 12.0. The Morgan fingerprint density at radius 1 is 1.00 bits per heavy atom. The molecule has 0 saturated heterocycles. The van der Waals surface area contributed by atoms with E-state index in [1.54, 1.807) is 25.2 Å². The first-order chi connectivity index (χ1) is 12.5. The van der Waals surface area contributed by atoms with E-state index in [4.69, 9.17) is 4.74 Å². The molecule has 1 unspecified atom stereocenters. The summed E-state index contributed by atoms with van der Waals surface area (Å²) in [7, 11) is 3.51. The molecule has 0 aliphatic carbocycles. The number of ether oxygens (including phenoxy) is 1. The van der Waals surface area contributed by atoms with Gasteiger partial charge in [-0.15, -0.1) is 0 Å². The number of amides is 1. The van der Waals surface area contributed by atoms with E-state index in [1.807, 2.05) is 36.4 Å². The zero-order valence-corrected chi connectivity index (χ0v) is 15.1. The van der Waals surface area contributed by atoms with Crippen molar-refractivity contribution in [3.05, 3.63) is 77.5 Å². The number of pyridine rings is 1. The number of hydrogen-bond donors (Lipinski definition) is 0. The highest BCUT2D eigenvalue weighted by atomic mass is 16.5. The first kappa shape index (κ1) is 16.3. The number of hydrogen-bond acceptors (Lipinski definition) is 3. The highest BCUT2D eigenvalue weighted by Gasteiger charge is 2.24. The van der Waals surface area contributed by atoms with Crippen molar-refractivity contribution in [1.82, 2.24) is 9.88 Å². The Labute approximate surface area is 153 Å². The summed E-state index contributed by atoms with van der Waals surface area (Å²) in [5.41, 5.74) is 5.05. The smallest absolute Gasteiger partial charge is 0.253 e. The first-order valence-corrected chi connectivity index (χ1v) is 8.63. The van der Waals surface area contributed by atoms with E-state index in [-0.39, 0.29) is 11.8 Å². The van der Waals surface area contributed by atoms with Crippen molar-refractivity contribution in [2.45, 2.75) is 12.8 Å². The van der Waals surface area contributed by atoms with Crippen molar-refractivity contribution >= 4 is 5.91 Å². The zero-order chi connectivity index (χ0) is 18.3. The number of benzene rings is 2. The van der Waals surface area contributed by atoms with Crippen molar-refractivity contribution in [2.75, 3.05) is 14.1 Å². The van der Waals surface area contributed by atoms with Crippen LogP contribution >= 0.6 is 0 Å². The fourth-order valence-corrected chi connectivity index (χ4v) is 3.31. The number of carbonyl (C=O) groups excluding carboxylic acids is 1. The molecule has 1 aromatic heterocycles. The molecule has 3 aromatic rings. The zero-order valence-electron chi connectivity index (χ0n) is 15.1. The summed E-state index contributed by atoms with van der Waals surface area (Å²) in [6.45, 7) is 2.17.